The van der Waals surface area contributed by atoms with Crippen molar-refractivity contribution in [3.8, 4) is 28.0 Å². The van der Waals surface area contributed by atoms with Gasteiger partial charge in [0.25, 0.3) is 0 Å². The molecule has 0 N–H and O–H groups in total. The van der Waals surface area contributed by atoms with Crippen molar-refractivity contribution in [1.82, 2.24) is 0 Å². The van der Waals surface area contributed by atoms with E-state index in [4.69, 9.17) is 4.74 Å². The van der Waals surface area contributed by atoms with Crippen molar-refractivity contribution in [2.75, 3.05) is 6.61 Å². The molecule has 228 valence electrons. The largest absolute Gasteiger partial charge is 0.490 e. The van der Waals surface area contributed by atoms with Crippen LogP contribution in [0.5, 0.6) is 5.75 Å². The highest BCUT2D eigenvalue weighted by molar-refractivity contribution is 5.74. The van der Waals surface area contributed by atoms with E-state index >= 15 is 8.78 Å². The van der Waals surface area contributed by atoms with Crippen molar-refractivity contribution >= 4 is 5.57 Å². The third-order valence-electron chi connectivity index (χ3n) is 9.39. The molecule has 5 heteroatoms. The van der Waals surface area contributed by atoms with Crippen LogP contribution < -0.4 is 4.74 Å². The summed E-state index contributed by atoms with van der Waals surface area (Å²) in [6.45, 7) is 4.47. The first-order chi connectivity index (χ1) is 20.9. The van der Waals surface area contributed by atoms with E-state index in [0.717, 1.165) is 50.0 Å². The van der Waals surface area contributed by atoms with E-state index in [2.05, 4.69) is 32.1 Å². The highest BCUT2D eigenvalue weighted by Crippen LogP contribution is 2.42. The second-order valence-electron chi connectivity index (χ2n) is 12.1. The first-order valence-electron chi connectivity index (χ1n) is 15.9. The maximum Gasteiger partial charge on any atom is 0.201 e. The molecule has 1 fully saturated rings. The third kappa shape index (κ3) is 7.08. The van der Waals surface area contributed by atoms with Gasteiger partial charge >= 0.3 is 0 Å². The Morgan fingerprint density at radius 3 is 1.91 bits per heavy atom. The summed E-state index contributed by atoms with van der Waals surface area (Å²) in [6, 6.07) is 12.6. The van der Waals surface area contributed by atoms with Gasteiger partial charge in [0.15, 0.2) is 23.2 Å². The maximum absolute atomic E-state index is 15.4. The van der Waals surface area contributed by atoms with Crippen LogP contribution >= 0.6 is 0 Å². The van der Waals surface area contributed by atoms with Gasteiger partial charge in [0.2, 0.25) is 5.82 Å². The molecular formula is C38H42F4O. The van der Waals surface area contributed by atoms with Crippen LogP contribution in [0.2, 0.25) is 0 Å². The van der Waals surface area contributed by atoms with Gasteiger partial charge in [0, 0.05) is 16.7 Å². The predicted octanol–water partition coefficient (Wildman–Crippen LogP) is 11.7. The number of hydrogen-bond acceptors (Lipinski definition) is 1. The summed E-state index contributed by atoms with van der Waals surface area (Å²) in [5.74, 6) is -1.81. The van der Waals surface area contributed by atoms with Crippen LogP contribution in [0.15, 0.2) is 66.8 Å². The number of benzene rings is 3. The molecule has 2 aliphatic rings. The third-order valence-corrected chi connectivity index (χ3v) is 9.39. The summed E-state index contributed by atoms with van der Waals surface area (Å²) in [7, 11) is 0. The quantitative estimate of drug-likeness (QED) is 0.130. The molecule has 0 spiro atoms. The van der Waals surface area contributed by atoms with E-state index in [1.807, 2.05) is 0 Å². The van der Waals surface area contributed by atoms with Crippen molar-refractivity contribution in [3.63, 3.8) is 0 Å². The zero-order valence-electron chi connectivity index (χ0n) is 25.3. The lowest BCUT2D eigenvalue weighted by atomic mass is 9.71. The zero-order valence-corrected chi connectivity index (χ0v) is 25.3. The van der Waals surface area contributed by atoms with Crippen LogP contribution in [-0.2, 0) is 0 Å². The number of unbranched alkanes of at least 4 members (excludes halogenated alkanes) is 2. The predicted molar refractivity (Wildman–Crippen MR) is 168 cm³/mol. The molecule has 1 unspecified atom stereocenters. The minimum atomic E-state index is -1.03. The average Bonchev–Trinajstić information content (AvgIpc) is 3.03. The molecule has 0 bridgehead atoms. The summed E-state index contributed by atoms with van der Waals surface area (Å²) >= 11 is 0. The molecular weight excluding hydrogens is 548 g/mol. The molecule has 0 aliphatic heterocycles. The lowest BCUT2D eigenvalue weighted by molar-refractivity contribution is 0.212. The minimum absolute atomic E-state index is 0.0836. The summed E-state index contributed by atoms with van der Waals surface area (Å²) in [5, 5.41) is 0. The van der Waals surface area contributed by atoms with Crippen LogP contribution in [0, 0.1) is 41.0 Å². The fourth-order valence-corrected chi connectivity index (χ4v) is 6.86. The highest BCUT2D eigenvalue weighted by atomic mass is 19.2. The van der Waals surface area contributed by atoms with Gasteiger partial charge in [-0.25, -0.2) is 13.2 Å². The van der Waals surface area contributed by atoms with Gasteiger partial charge in [-0.05, 0) is 105 Å². The van der Waals surface area contributed by atoms with Gasteiger partial charge in [-0.2, -0.15) is 4.39 Å². The van der Waals surface area contributed by atoms with Gasteiger partial charge < -0.3 is 4.74 Å². The molecule has 1 atom stereocenters. The van der Waals surface area contributed by atoms with Crippen LogP contribution in [0.25, 0.3) is 27.8 Å². The molecule has 0 aromatic heterocycles. The zero-order chi connectivity index (χ0) is 30.3. The van der Waals surface area contributed by atoms with Gasteiger partial charge in [0.05, 0.1) is 6.61 Å². The van der Waals surface area contributed by atoms with Crippen molar-refractivity contribution in [1.29, 1.82) is 0 Å². The minimum Gasteiger partial charge on any atom is -0.490 e. The van der Waals surface area contributed by atoms with Gasteiger partial charge in [-0.3, -0.25) is 0 Å². The molecule has 2 aliphatic carbocycles. The smallest absolute Gasteiger partial charge is 0.201 e. The first kappa shape index (κ1) is 31.1. The molecule has 3 aromatic carbocycles. The summed E-state index contributed by atoms with van der Waals surface area (Å²) in [5.41, 5.74) is 2.35. The Morgan fingerprint density at radius 1 is 0.698 bits per heavy atom. The summed E-state index contributed by atoms with van der Waals surface area (Å²) in [4.78, 5) is 0. The number of hydrogen-bond donors (Lipinski definition) is 0. The Kier molecular flexibility index (Phi) is 10.4. The van der Waals surface area contributed by atoms with Crippen LogP contribution in [0.1, 0.15) is 83.6 Å². The van der Waals surface area contributed by atoms with Crippen LogP contribution in [0.4, 0.5) is 17.6 Å². The highest BCUT2D eigenvalue weighted by Gasteiger charge is 2.29. The van der Waals surface area contributed by atoms with Crippen molar-refractivity contribution in [2.24, 2.45) is 17.8 Å². The molecule has 0 heterocycles. The topological polar surface area (TPSA) is 9.23 Å². The number of rotatable bonds is 10. The second-order valence-corrected chi connectivity index (χ2v) is 12.1. The molecule has 5 rings (SSSR count). The molecule has 1 nitrogen and oxygen atoms in total. The number of ether oxygens (including phenoxy) is 1. The normalized spacial score (nSPS) is 20.8. The summed E-state index contributed by atoms with van der Waals surface area (Å²) in [6.07, 6.45) is 17.0. The Labute approximate surface area is 253 Å². The SMILES string of the molecule is CC=CC1CCC(C2CC=C(c3ccc(-c4ccc(-c5ccc(OCCCCC)c(F)c5F)cc4)c(F)c3F)CC2)CC1. The van der Waals surface area contributed by atoms with Crippen LogP contribution in [0.3, 0.4) is 0 Å². The lowest BCUT2D eigenvalue weighted by Gasteiger charge is -2.35. The summed E-state index contributed by atoms with van der Waals surface area (Å²) < 4.78 is 65.7. The Balaban J connectivity index is 1.26. The molecule has 1 saturated carbocycles. The molecule has 0 radical (unpaired) electrons. The van der Waals surface area contributed by atoms with Crippen molar-refractivity contribution in [3.05, 3.63) is 95.6 Å². The monoisotopic (exact) mass is 590 g/mol. The molecule has 0 amide bonds. The van der Waals surface area contributed by atoms with Crippen molar-refractivity contribution < 1.29 is 22.3 Å². The fourth-order valence-electron chi connectivity index (χ4n) is 6.86. The average molecular weight is 591 g/mol. The van der Waals surface area contributed by atoms with E-state index in [1.165, 1.54) is 37.8 Å². The Bertz CT molecular complexity index is 1450. The Morgan fingerprint density at radius 2 is 1.30 bits per heavy atom. The molecule has 3 aromatic rings. The fraction of sp³-hybridized carbons (Fsp3) is 0.421. The lowest BCUT2D eigenvalue weighted by Crippen LogP contribution is -2.22. The maximum atomic E-state index is 15.4. The Hall–Kier alpha value is -3.34. The van der Waals surface area contributed by atoms with Crippen LogP contribution in [-0.4, -0.2) is 6.61 Å². The number of halogens is 4. The van der Waals surface area contributed by atoms with Gasteiger partial charge in [-0.15, -0.1) is 0 Å². The van der Waals surface area contributed by atoms with E-state index in [-0.39, 0.29) is 16.9 Å². The first-order valence-corrected chi connectivity index (χ1v) is 15.9. The van der Waals surface area contributed by atoms with Gasteiger partial charge in [0.1, 0.15) is 0 Å². The van der Waals surface area contributed by atoms with E-state index < -0.39 is 23.3 Å². The standard InChI is InChI=1S/C38H42F4O/c1-3-5-6-24-43-34-23-22-33(37(41)38(34)42)30-18-16-29(17-19-30)32-21-20-31(35(39)36(32)40)28-14-12-27(13-15-28)26-10-8-25(7-4-2)9-11-26/h4,7,14,16-23,25-27H,3,5-6,8-13,15,24H2,1-2H3. The second kappa shape index (κ2) is 14.4. The number of allylic oxidation sites excluding steroid dienone is 4. The van der Waals surface area contributed by atoms with E-state index in [0.29, 0.717) is 35.1 Å². The van der Waals surface area contributed by atoms with E-state index in [1.54, 1.807) is 36.4 Å². The van der Waals surface area contributed by atoms with Gasteiger partial charge in [-0.1, -0.05) is 74.4 Å². The van der Waals surface area contributed by atoms with E-state index in [9.17, 15) is 8.78 Å². The molecule has 0 saturated heterocycles. The van der Waals surface area contributed by atoms with Crippen molar-refractivity contribution in [2.45, 2.75) is 78.1 Å². The molecule has 43 heavy (non-hydrogen) atoms.